The molecule has 218 valence electrons. The molecule has 0 aromatic heterocycles. The molecule has 41 heavy (non-hydrogen) atoms. The van der Waals surface area contributed by atoms with Crippen LogP contribution in [0.2, 0.25) is 0 Å². The Balaban J connectivity index is 0.00000462. The fourth-order valence-electron chi connectivity index (χ4n) is 4.77. The fraction of sp³-hybridized carbons (Fsp3) is 0.207. The van der Waals surface area contributed by atoms with Crippen molar-refractivity contribution in [1.29, 1.82) is 0 Å². The molecule has 0 bridgehead atoms. The number of phenolic OH excluding ortho intramolecular Hbond substituents is 1. The summed E-state index contributed by atoms with van der Waals surface area (Å²) in [4.78, 5) is 0.918. The highest BCUT2D eigenvalue weighted by atomic mass is 32.2. The van der Waals surface area contributed by atoms with Crippen LogP contribution in [-0.4, -0.2) is 74.0 Å². The molecule has 0 radical (unpaired) electrons. The fourth-order valence-corrected chi connectivity index (χ4v) is 5.91. The summed E-state index contributed by atoms with van der Waals surface area (Å²) in [6, 6.07) is 12.2. The van der Waals surface area contributed by atoms with Crippen LogP contribution in [0, 0.1) is 0 Å². The monoisotopic (exact) mass is 600 g/mol. The molecule has 3 aromatic rings. The molecule has 4 rings (SSSR count). The average molecular weight is 601 g/mol. The van der Waals surface area contributed by atoms with Gasteiger partial charge in [-0.3, -0.25) is 9.11 Å². The first kappa shape index (κ1) is 31.7. The first-order valence-electron chi connectivity index (χ1n) is 12.5. The van der Waals surface area contributed by atoms with Gasteiger partial charge in [-0.25, -0.2) is 4.58 Å². The van der Waals surface area contributed by atoms with Crippen molar-refractivity contribution in [3.05, 3.63) is 89.5 Å². The Morgan fingerprint density at radius 1 is 0.829 bits per heavy atom. The maximum atomic E-state index is 12.3. The van der Waals surface area contributed by atoms with Crippen LogP contribution in [0.1, 0.15) is 25.0 Å². The number of phenols is 1. The predicted molar refractivity (Wildman–Crippen MR) is 159 cm³/mol. The minimum absolute atomic E-state index is 0. The van der Waals surface area contributed by atoms with E-state index in [9.17, 15) is 31.0 Å². The van der Waals surface area contributed by atoms with Gasteiger partial charge in [-0.15, -0.1) is 0 Å². The number of nitrogens with zero attached hydrogens (tertiary/aromatic N) is 2. The largest absolute Gasteiger partial charge is 0.870 e. The SMILES string of the molecule is CCN(CC)c1ccc(C(=C2C=CC(=[N+](C)C)C=C2)c2c(O)c(S(=O)(=O)O)cc3cc(S(=O)(=O)O)ccc23)cc1.[OH-]. The molecule has 10 nitrogen and oxygen atoms in total. The van der Waals surface area contributed by atoms with Gasteiger partial charge in [0, 0.05) is 42.1 Å². The predicted octanol–water partition coefficient (Wildman–Crippen LogP) is 4.35. The third-order valence-electron chi connectivity index (χ3n) is 6.83. The lowest BCUT2D eigenvalue weighted by molar-refractivity contribution is -0.462. The van der Waals surface area contributed by atoms with Gasteiger partial charge in [-0.1, -0.05) is 18.2 Å². The lowest BCUT2D eigenvalue weighted by Gasteiger charge is -2.22. The van der Waals surface area contributed by atoms with E-state index in [-0.39, 0.29) is 16.4 Å². The van der Waals surface area contributed by atoms with Gasteiger partial charge in [0.15, 0.2) is 5.71 Å². The van der Waals surface area contributed by atoms with Crippen LogP contribution in [-0.2, 0) is 20.2 Å². The van der Waals surface area contributed by atoms with E-state index in [1.54, 1.807) is 0 Å². The Morgan fingerprint density at radius 3 is 1.90 bits per heavy atom. The number of benzene rings is 3. The Kier molecular flexibility index (Phi) is 9.26. The highest BCUT2D eigenvalue weighted by Gasteiger charge is 2.26. The van der Waals surface area contributed by atoms with Crippen molar-refractivity contribution in [2.75, 3.05) is 32.1 Å². The minimum Gasteiger partial charge on any atom is -0.870 e. The molecule has 4 N–H and O–H groups in total. The second-order valence-corrected chi connectivity index (χ2v) is 12.3. The number of fused-ring (bicyclic) bond motifs is 1. The molecule has 1 aliphatic carbocycles. The Hall–Kier alpha value is -3.81. The number of allylic oxidation sites excluding steroid dienone is 5. The van der Waals surface area contributed by atoms with Gasteiger partial charge in [0.1, 0.15) is 24.7 Å². The van der Waals surface area contributed by atoms with Crippen molar-refractivity contribution in [3.8, 4) is 5.75 Å². The third kappa shape index (κ3) is 6.42. The van der Waals surface area contributed by atoms with E-state index in [0.717, 1.165) is 36.6 Å². The van der Waals surface area contributed by atoms with Gasteiger partial charge in [-0.05, 0) is 78.2 Å². The molecular weight excluding hydrogens is 568 g/mol. The second kappa shape index (κ2) is 12.0. The van der Waals surface area contributed by atoms with E-state index in [0.29, 0.717) is 22.1 Å². The van der Waals surface area contributed by atoms with Crippen molar-refractivity contribution >= 4 is 48.0 Å². The van der Waals surface area contributed by atoms with E-state index in [1.165, 1.54) is 12.1 Å². The molecule has 0 atom stereocenters. The van der Waals surface area contributed by atoms with Crippen LogP contribution < -0.4 is 4.90 Å². The number of aromatic hydroxyl groups is 1. The lowest BCUT2D eigenvalue weighted by atomic mass is 9.87. The number of hydrogen-bond acceptors (Lipinski definition) is 7. The molecule has 0 saturated carbocycles. The van der Waals surface area contributed by atoms with E-state index in [1.807, 2.05) is 81.1 Å². The lowest BCUT2D eigenvalue weighted by Crippen LogP contribution is -2.21. The summed E-state index contributed by atoms with van der Waals surface area (Å²) in [5.74, 6) is -0.686. The van der Waals surface area contributed by atoms with Gasteiger partial charge < -0.3 is 15.5 Å². The van der Waals surface area contributed by atoms with Gasteiger partial charge in [0.2, 0.25) is 0 Å². The topological polar surface area (TPSA) is 165 Å². The number of rotatable bonds is 7. The minimum atomic E-state index is -4.92. The molecule has 0 fully saturated rings. The maximum absolute atomic E-state index is 12.3. The van der Waals surface area contributed by atoms with E-state index in [4.69, 9.17) is 0 Å². The van der Waals surface area contributed by atoms with Crippen LogP contribution in [0.15, 0.2) is 88.2 Å². The standard InChI is InChI=1S/C29H30N2O7S2.H2O/c1-5-31(6-2)23-13-9-20(10-14-23)27(19-7-11-22(12-8-19)30(3)4)28-25-16-15-24(39(33,34)35)17-21(25)18-26(29(28)32)40(36,37)38;/h7-18H,5-6H2,1-4H3,(H2,33,34,35,36,37,38);1H2. The normalized spacial score (nSPS) is 13.3. The summed E-state index contributed by atoms with van der Waals surface area (Å²) in [5.41, 5.74) is 3.73. The van der Waals surface area contributed by atoms with Crippen LogP contribution in [0.5, 0.6) is 5.75 Å². The summed E-state index contributed by atoms with van der Waals surface area (Å²) in [5, 5.41) is 11.8. The Morgan fingerprint density at radius 2 is 1.41 bits per heavy atom. The summed E-state index contributed by atoms with van der Waals surface area (Å²) < 4.78 is 69.8. The highest BCUT2D eigenvalue weighted by molar-refractivity contribution is 7.86. The van der Waals surface area contributed by atoms with E-state index < -0.39 is 35.8 Å². The molecule has 0 saturated heterocycles. The van der Waals surface area contributed by atoms with Crippen molar-refractivity contribution < 1.29 is 41.1 Å². The van der Waals surface area contributed by atoms with Crippen LogP contribution in [0.3, 0.4) is 0 Å². The zero-order chi connectivity index (χ0) is 29.4. The number of hydrogen-bond donors (Lipinski definition) is 3. The van der Waals surface area contributed by atoms with Crippen molar-refractivity contribution in [2.24, 2.45) is 0 Å². The van der Waals surface area contributed by atoms with E-state index >= 15 is 0 Å². The van der Waals surface area contributed by atoms with Crippen molar-refractivity contribution in [3.63, 3.8) is 0 Å². The van der Waals surface area contributed by atoms with Gasteiger partial charge >= 0.3 is 0 Å². The van der Waals surface area contributed by atoms with Crippen LogP contribution in [0.25, 0.3) is 16.3 Å². The van der Waals surface area contributed by atoms with Gasteiger partial charge in [0.05, 0.1) is 4.90 Å². The molecule has 12 heteroatoms. The zero-order valence-electron chi connectivity index (χ0n) is 23.0. The molecule has 3 aromatic carbocycles. The summed E-state index contributed by atoms with van der Waals surface area (Å²) in [6.45, 7) is 5.70. The maximum Gasteiger partial charge on any atom is 0.298 e. The summed E-state index contributed by atoms with van der Waals surface area (Å²) >= 11 is 0. The van der Waals surface area contributed by atoms with Gasteiger partial charge in [-0.2, -0.15) is 16.8 Å². The highest BCUT2D eigenvalue weighted by Crippen LogP contribution is 2.43. The first-order chi connectivity index (χ1) is 18.8. The van der Waals surface area contributed by atoms with Crippen LogP contribution in [0.4, 0.5) is 5.69 Å². The van der Waals surface area contributed by atoms with Gasteiger partial charge in [0.25, 0.3) is 20.2 Å². The molecule has 0 unspecified atom stereocenters. The molecule has 0 amide bonds. The van der Waals surface area contributed by atoms with Crippen molar-refractivity contribution in [1.82, 2.24) is 0 Å². The molecule has 1 aliphatic rings. The first-order valence-corrected chi connectivity index (χ1v) is 15.4. The Bertz CT molecular complexity index is 1810. The Labute approximate surface area is 239 Å². The van der Waals surface area contributed by atoms with Crippen LogP contribution >= 0.6 is 0 Å². The summed E-state index contributed by atoms with van der Waals surface area (Å²) in [7, 11) is -5.74. The quantitative estimate of drug-likeness (QED) is 0.264. The zero-order valence-corrected chi connectivity index (χ0v) is 24.6. The number of anilines is 1. The van der Waals surface area contributed by atoms with Crippen molar-refractivity contribution in [2.45, 2.75) is 23.6 Å². The smallest absolute Gasteiger partial charge is 0.298 e. The van der Waals surface area contributed by atoms with E-state index in [2.05, 4.69) is 4.90 Å². The average Bonchev–Trinajstić information content (AvgIpc) is 2.90. The molecule has 0 spiro atoms. The molecule has 0 aliphatic heterocycles. The summed E-state index contributed by atoms with van der Waals surface area (Å²) in [6.07, 6.45) is 7.42. The molecular formula is C29H32N2O8S2. The second-order valence-electron chi connectivity index (χ2n) is 9.47. The molecule has 0 heterocycles. The third-order valence-corrected chi connectivity index (χ3v) is 8.55.